The van der Waals surface area contributed by atoms with Gasteiger partial charge in [-0.25, -0.2) is 12.8 Å². The summed E-state index contributed by atoms with van der Waals surface area (Å²) in [6, 6.07) is 12.1. The summed E-state index contributed by atoms with van der Waals surface area (Å²) in [5.74, 6) is 0.0741. The molecule has 0 bridgehead atoms. The highest BCUT2D eigenvalue weighted by atomic mass is 32.2. The summed E-state index contributed by atoms with van der Waals surface area (Å²) >= 11 is 0. The number of nitrogens with one attached hydrogen (secondary N) is 1. The first-order valence-electron chi connectivity index (χ1n) is 12.2. The van der Waals surface area contributed by atoms with E-state index >= 15 is 0 Å². The predicted molar refractivity (Wildman–Crippen MR) is 138 cm³/mol. The molecule has 2 aliphatic rings. The third-order valence-corrected chi connectivity index (χ3v) is 8.96. The number of anilines is 2. The minimum atomic E-state index is -3.32. The van der Waals surface area contributed by atoms with Crippen molar-refractivity contribution in [2.45, 2.75) is 45.1 Å². The maximum Gasteiger partial charge on any atom is 0.248 e. The number of sulfonamides is 1. The van der Waals surface area contributed by atoms with Gasteiger partial charge in [0.15, 0.2) is 0 Å². The van der Waals surface area contributed by atoms with E-state index in [2.05, 4.69) is 9.88 Å². The summed E-state index contributed by atoms with van der Waals surface area (Å²) in [6.07, 6.45) is 9.84. The van der Waals surface area contributed by atoms with Crippen molar-refractivity contribution >= 4 is 44.3 Å². The standard InChI is InChI=1S/C27H30FN3O3S/c1-30-26-17-23(9-7-20(26)13-14-35(30,33)34)29-27(32)12-10-24-16-21-15-22(28)8-11-25(21)31(24)18-19-5-3-2-4-6-19/h7-12,15-17,19H,2-6,13-14,18H2,1H3,(H,29,32)/b12-10+. The van der Waals surface area contributed by atoms with Gasteiger partial charge in [0.1, 0.15) is 5.82 Å². The van der Waals surface area contributed by atoms with Crippen LogP contribution in [0.15, 0.2) is 48.5 Å². The van der Waals surface area contributed by atoms with Crippen LogP contribution in [0.25, 0.3) is 17.0 Å². The van der Waals surface area contributed by atoms with Crippen molar-refractivity contribution in [3.05, 3.63) is 65.6 Å². The number of hydrogen-bond donors (Lipinski definition) is 1. The van der Waals surface area contributed by atoms with Gasteiger partial charge in [-0.15, -0.1) is 0 Å². The second kappa shape index (κ2) is 9.49. The van der Waals surface area contributed by atoms with E-state index in [1.54, 1.807) is 18.2 Å². The average Bonchev–Trinajstić information content (AvgIpc) is 3.17. The Morgan fingerprint density at radius 2 is 1.91 bits per heavy atom. The van der Waals surface area contributed by atoms with Crippen molar-refractivity contribution in [2.75, 3.05) is 22.4 Å². The second-order valence-corrected chi connectivity index (χ2v) is 11.7. The molecule has 0 saturated heterocycles. The Bertz CT molecular complexity index is 1400. The summed E-state index contributed by atoms with van der Waals surface area (Å²) in [5.41, 5.74) is 3.90. The first-order chi connectivity index (χ1) is 16.8. The number of nitrogens with zero attached hydrogens (tertiary/aromatic N) is 2. The topological polar surface area (TPSA) is 71.4 Å². The van der Waals surface area contributed by atoms with E-state index in [-0.39, 0.29) is 17.5 Å². The quantitative estimate of drug-likeness (QED) is 0.486. The molecule has 2 heterocycles. The largest absolute Gasteiger partial charge is 0.341 e. The lowest BCUT2D eigenvalue weighted by molar-refractivity contribution is -0.111. The molecule has 1 saturated carbocycles. The van der Waals surface area contributed by atoms with Crippen molar-refractivity contribution < 1.29 is 17.6 Å². The SMILES string of the molecule is CN1c2cc(NC(=O)/C=C/c3cc4cc(F)ccc4n3CC3CCCCC3)ccc2CCS1(=O)=O. The van der Waals surface area contributed by atoms with E-state index in [0.717, 1.165) is 28.7 Å². The van der Waals surface area contributed by atoms with Crippen LogP contribution >= 0.6 is 0 Å². The number of amides is 1. The number of aryl methyl sites for hydroxylation is 1. The highest BCUT2D eigenvalue weighted by Gasteiger charge is 2.26. The monoisotopic (exact) mass is 495 g/mol. The van der Waals surface area contributed by atoms with Crippen molar-refractivity contribution in [1.82, 2.24) is 4.57 Å². The molecule has 35 heavy (non-hydrogen) atoms. The number of hydrogen-bond acceptors (Lipinski definition) is 3. The van der Waals surface area contributed by atoms with Crippen LogP contribution in [0.1, 0.15) is 43.4 Å². The zero-order valence-electron chi connectivity index (χ0n) is 19.8. The Hall–Kier alpha value is -3.13. The molecule has 1 fully saturated rings. The summed E-state index contributed by atoms with van der Waals surface area (Å²) in [7, 11) is -1.79. The zero-order valence-corrected chi connectivity index (χ0v) is 20.7. The number of fused-ring (bicyclic) bond motifs is 2. The molecule has 0 spiro atoms. The van der Waals surface area contributed by atoms with Gasteiger partial charge in [0, 0.05) is 42.0 Å². The first-order valence-corrected chi connectivity index (χ1v) is 13.8. The van der Waals surface area contributed by atoms with E-state index < -0.39 is 10.0 Å². The zero-order chi connectivity index (χ0) is 24.6. The molecule has 1 aromatic heterocycles. The van der Waals surface area contributed by atoms with Gasteiger partial charge < -0.3 is 9.88 Å². The van der Waals surface area contributed by atoms with Gasteiger partial charge in [-0.2, -0.15) is 0 Å². The van der Waals surface area contributed by atoms with Gasteiger partial charge in [-0.1, -0.05) is 25.3 Å². The molecule has 8 heteroatoms. The van der Waals surface area contributed by atoms with Gasteiger partial charge in [0.2, 0.25) is 15.9 Å². The molecule has 0 radical (unpaired) electrons. The third kappa shape index (κ3) is 4.98. The van der Waals surface area contributed by atoms with Crippen LogP contribution in [0.5, 0.6) is 0 Å². The highest BCUT2D eigenvalue weighted by molar-refractivity contribution is 7.92. The van der Waals surface area contributed by atoms with Crippen LogP contribution < -0.4 is 9.62 Å². The lowest BCUT2D eigenvalue weighted by atomic mass is 9.89. The van der Waals surface area contributed by atoms with Crippen molar-refractivity contribution in [1.29, 1.82) is 0 Å². The molecule has 1 amide bonds. The number of carbonyl (C=O) groups is 1. The van der Waals surface area contributed by atoms with Gasteiger partial charge in [-0.05, 0) is 73.2 Å². The number of aromatic nitrogens is 1. The van der Waals surface area contributed by atoms with Crippen molar-refractivity contribution in [3.8, 4) is 0 Å². The average molecular weight is 496 g/mol. The Morgan fingerprint density at radius 1 is 1.11 bits per heavy atom. The van der Waals surface area contributed by atoms with Crippen LogP contribution in [-0.4, -0.2) is 31.7 Å². The van der Waals surface area contributed by atoms with Crippen molar-refractivity contribution in [2.24, 2.45) is 5.92 Å². The fraction of sp³-hybridized carbons (Fsp3) is 0.370. The van der Waals surface area contributed by atoms with Gasteiger partial charge in [0.05, 0.1) is 11.4 Å². The van der Waals surface area contributed by atoms with Gasteiger partial charge in [-0.3, -0.25) is 9.10 Å². The van der Waals surface area contributed by atoms with Gasteiger partial charge >= 0.3 is 0 Å². The maximum atomic E-state index is 13.9. The molecule has 6 nitrogen and oxygen atoms in total. The summed E-state index contributed by atoms with van der Waals surface area (Å²) in [5, 5.41) is 3.66. The lowest BCUT2D eigenvalue weighted by Gasteiger charge is -2.27. The normalized spacial score (nSPS) is 18.2. The van der Waals surface area contributed by atoms with E-state index in [0.29, 0.717) is 23.7 Å². The summed E-state index contributed by atoms with van der Waals surface area (Å²) < 4.78 is 41.7. The molecule has 1 aliphatic carbocycles. The maximum absolute atomic E-state index is 13.9. The fourth-order valence-corrected chi connectivity index (χ4v) is 6.47. The van der Waals surface area contributed by atoms with Crippen LogP contribution in [0.4, 0.5) is 15.8 Å². The molecule has 184 valence electrons. The molecule has 1 N–H and O–H groups in total. The number of carbonyl (C=O) groups excluding carboxylic acids is 1. The molecule has 2 aromatic carbocycles. The van der Waals surface area contributed by atoms with Gasteiger partial charge in [0.25, 0.3) is 0 Å². The van der Waals surface area contributed by atoms with Crippen LogP contribution in [0.3, 0.4) is 0 Å². The second-order valence-electron chi connectivity index (χ2n) is 9.59. The van der Waals surface area contributed by atoms with Crippen LogP contribution in [0, 0.1) is 11.7 Å². The van der Waals surface area contributed by atoms with E-state index in [9.17, 15) is 17.6 Å². The minimum absolute atomic E-state index is 0.0870. The molecule has 3 aromatic rings. The molecule has 0 unspecified atom stereocenters. The molecule has 0 atom stereocenters. The molecular weight excluding hydrogens is 465 g/mol. The van der Waals surface area contributed by atoms with E-state index in [1.807, 2.05) is 18.2 Å². The third-order valence-electron chi connectivity index (χ3n) is 7.21. The smallest absolute Gasteiger partial charge is 0.248 e. The van der Waals surface area contributed by atoms with Crippen LogP contribution in [-0.2, 0) is 27.8 Å². The fourth-order valence-electron chi connectivity index (χ4n) is 5.25. The van der Waals surface area contributed by atoms with Crippen molar-refractivity contribution in [3.63, 3.8) is 0 Å². The number of benzene rings is 2. The Labute approximate surface area is 205 Å². The first kappa shape index (κ1) is 23.6. The molecule has 1 aliphatic heterocycles. The molecular formula is C27H30FN3O3S. The Kier molecular flexibility index (Phi) is 6.40. The van der Waals surface area contributed by atoms with E-state index in [4.69, 9.17) is 0 Å². The Morgan fingerprint density at radius 3 is 2.71 bits per heavy atom. The highest BCUT2D eigenvalue weighted by Crippen LogP contribution is 2.31. The Balaban J connectivity index is 1.37. The number of halogens is 1. The molecule has 5 rings (SSSR count). The van der Waals surface area contributed by atoms with E-state index in [1.165, 1.54) is 61.7 Å². The predicted octanol–water partition coefficient (Wildman–Crippen LogP) is 5.33. The minimum Gasteiger partial charge on any atom is -0.341 e. The number of rotatable bonds is 5. The summed E-state index contributed by atoms with van der Waals surface area (Å²) in [6.45, 7) is 0.849. The lowest BCUT2D eigenvalue weighted by Crippen LogP contribution is -2.34. The summed E-state index contributed by atoms with van der Waals surface area (Å²) in [4.78, 5) is 12.7. The van der Waals surface area contributed by atoms with Crippen LogP contribution in [0.2, 0.25) is 0 Å².